The maximum absolute atomic E-state index is 12.4. The topological polar surface area (TPSA) is 101 Å². The zero-order valence-electron chi connectivity index (χ0n) is 12.5. The highest BCUT2D eigenvalue weighted by Gasteiger charge is 2.30. The van der Waals surface area contributed by atoms with Crippen molar-refractivity contribution in [2.75, 3.05) is 25.9 Å². The number of carbonyl (C=O) groups excluding carboxylic acids is 2. The molecule has 21 heavy (non-hydrogen) atoms. The first-order chi connectivity index (χ1) is 10.1. The van der Waals surface area contributed by atoms with E-state index in [2.05, 4.69) is 10.2 Å². The summed E-state index contributed by atoms with van der Waals surface area (Å²) in [5.74, 6) is -0.493. The van der Waals surface area contributed by atoms with Crippen LogP contribution >= 0.6 is 0 Å². The Kier molecular flexibility index (Phi) is 4.82. The second-order valence-corrected chi connectivity index (χ2v) is 5.30. The molecular weight excluding hydrogens is 272 g/mol. The molecule has 1 aromatic rings. The highest BCUT2D eigenvalue weighted by molar-refractivity contribution is 5.97. The molecule has 3 N–H and O–H groups in total. The molecule has 0 saturated carbocycles. The summed E-state index contributed by atoms with van der Waals surface area (Å²) in [5.41, 5.74) is 7.52. The lowest BCUT2D eigenvalue weighted by atomic mass is 9.97. The number of aromatic nitrogens is 2. The highest BCUT2D eigenvalue weighted by atomic mass is 16.5. The van der Waals surface area contributed by atoms with Crippen LogP contribution in [0.5, 0.6) is 0 Å². The number of carbonyl (C=O) groups is 2. The van der Waals surface area contributed by atoms with Gasteiger partial charge < -0.3 is 15.4 Å². The zero-order chi connectivity index (χ0) is 15.4. The van der Waals surface area contributed by atoms with Gasteiger partial charge in [-0.2, -0.15) is 5.10 Å². The van der Waals surface area contributed by atoms with Gasteiger partial charge >= 0.3 is 5.97 Å². The Morgan fingerprint density at radius 3 is 2.67 bits per heavy atom. The fourth-order valence-electron chi connectivity index (χ4n) is 2.63. The van der Waals surface area contributed by atoms with Crippen molar-refractivity contribution in [3.05, 3.63) is 11.4 Å². The number of methoxy groups -OCH3 is 1. The van der Waals surface area contributed by atoms with Crippen molar-refractivity contribution in [3.63, 3.8) is 0 Å². The summed E-state index contributed by atoms with van der Waals surface area (Å²) in [4.78, 5) is 25.6. The number of nitrogen functional groups attached to an aromatic ring is 1. The summed E-state index contributed by atoms with van der Waals surface area (Å²) < 4.78 is 4.74. The first-order valence-corrected chi connectivity index (χ1v) is 7.28. The minimum atomic E-state index is -0.202. The Hall–Kier alpha value is -2.05. The third kappa shape index (κ3) is 3.17. The van der Waals surface area contributed by atoms with E-state index < -0.39 is 0 Å². The molecule has 0 aliphatic carbocycles. The number of hydrogen-bond acceptors (Lipinski definition) is 5. The molecule has 7 heteroatoms. The van der Waals surface area contributed by atoms with Crippen molar-refractivity contribution in [2.45, 2.75) is 32.6 Å². The number of hydrogen-bond donors (Lipinski definition) is 2. The van der Waals surface area contributed by atoms with Crippen molar-refractivity contribution in [1.82, 2.24) is 15.1 Å². The third-order valence-electron chi connectivity index (χ3n) is 3.90. The van der Waals surface area contributed by atoms with Crippen LogP contribution in [0, 0.1) is 5.92 Å². The first kappa shape index (κ1) is 15.3. The molecule has 1 amide bonds. The number of esters is 1. The van der Waals surface area contributed by atoms with E-state index in [0.29, 0.717) is 31.6 Å². The number of ether oxygens (including phenoxy) is 1. The van der Waals surface area contributed by atoms with E-state index in [1.807, 2.05) is 6.92 Å². The van der Waals surface area contributed by atoms with Crippen molar-refractivity contribution >= 4 is 17.6 Å². The van der Waals surface area contributed by atoms with Gasteiger partial charge in [-0.15, -0.1) is 0 Å². The number of aromatic amines is 1. The van der Waals surface area contributed by atoms with Crippen LogP contribution in [0.15, 0.2) is 0 Å². The SMILES string of the molecule is CCCc1[nH]nc(C(=O)N2CCC(C(=O)OC)CC2)c1N. The normalized spacial score (nSPS) is 16.0. The van der Waals surface area contributed by atoms with Crippen LogP contribution in [0.4, 0.5) is 5.69 Å². The zero-order valence-corrected chi connectivity index (χ0v) is 12.5. The van der Waals surface area contributed by atoms with E-state index >= 15 is 0 Å². The number of amides is 1. The fourth-order valence-corrected chi connectivity index (χ4v) is 2.63. The Morgan fingerprint density at radius 2 is 2.10 bits per heavy atom. The molecule has 2 rings (SSSR count). The predicted octanol–water partition coefficient (Wildman–Crippen LogP) is 0.970. The van der Waals surface area contributed by atoms with Crippen molar-refractivity contribution in [1.29, 1.82) is 0 Å². The molecule has 1 aliphatic heterocycles. The summed E-state index contributed by atoms with van der Waals surface area (Å²) >= 11 is 0. The van der Waals surface area contributed by atoms with Gasteiger partial charge in [0.05, 0.1) is 24.4 Å². The van der Waals surface area contributed by atoms with Gasteiger partial charge in [0.25, 0.3) is 5.91 Å². The monoisotopic (exact) mass is 294 g/mol. The van der Waals surface area contributed by atoms with Crippen LogP contribution in [-0.4, -0.2) is 47.2 Å². The number of rotatable bonds is 4. The number of likely N-dealkylation sites (tertiary alicyclic amines) is 1. The molecule has 1 fully saturated rings. The van der Waals surface area contributed by atoms with E-state index in [9.17, 15) is 9.59 Å². The summed E-state index contributed by atoms with van der Waals surface area (Å²) in [6.45, 7) is 3.08. The quantitative estimate of drug-likeness (QED) is 0.806. The number of nitrogens with two attached hydrogens (primary N) is 1. The van der Waals surface area contributed by atoms with Gasteiger partial charge in [0, 0.05) is 13.1 Å². The van der Waals surface area contributed by atoms with E-state index in [0.717, 1.165) is 18.5 Å². The molecule has 0 aromatic carbocycles. The lowest BCUT2D eigenvalue weighted by molar-refractivity contribution is -0.146. The van der Waals surface area contributed by atoms with Gasteiger partial charge in [0.15, 0.2) is 5.69 Å². The van der Waals surface area contributed by atoms with Crippen LogP contribution in [-0.2, 0) is 16.0 Å². The average molecular weight is 294 g/mol. The molecule has 7 nitrogen and oxygen atoms in total. The van der Waals surface area contributed by atoms with E-state index in [-0.39, 0.29) is 23.5 Å². The number of aryl methyl sites for hydroxylation is 1. The maximum atomic E-state index is 12.4. The molecule has 2 heterocycles. The predicted molar refractivity (Wildman–Crippen MR) is 77.6 cm³/mol. The first-order valence-electron chi connectivity index (χ1n) is 7.28. The minimum absolute atomic E-state index is 0.119. The third-order valence-corrected chi connectivity index (χ3v) is 3.90. The van der Waals surface area contributed by atoms with Gasteiger partial charge in [-0.3, -0.25) is 14.7 Å². The molecule has 1 aromatic heterocycles. The van der Waals surface area contributed by atoms with E-state index in [1.54, 1.807) is 4.90 Å². The van der Waals surface area contributed by atoms with Gasteiger partial charge in [-0.05, 0) is 19.3 Å². The Balaban J connectivity index is 2.00. The molecular formula is C14H22N4O3. The van der Waals surface area contributed by atoms with Crippen LogP contribution in [0.3, 0.4) is 0 Å². The number of H-pyrrole nitrogens is 1. The van der Waals surface area contributed by atoms with Crippen LogP contribution in [0.2, 0.25) is 0 Å². The van der Waals surface area contributed by atoms with Crippen molar-refractivity contribution in [2.24, 2.45) is 5.92 Å². The second-order valence-electron chi connectivity index (χ2n) is 5.30. The number of piperidine rings is 1. The van der Waals surface area contributed by atoms with Crippen molar-refractivity contribution < 1.29 is 14.3 Å². The maximum Gasteiger partial charge on any atom is 0.308 e. The lowest BCUT2D eigenvalue weighted by Crippen LogP contribution is -2.40. The summed E-state index contributed by atoms with van der Waals surface area (Å²) in [5, 5.41) is 6.88. The number of anilines is 1. The molecule has 0 unspecified atom stereocenters. The molecule has 0 atom stereocenters. The molecule has 0 radical (unpaired) electrons. The van der Waals surface area contributed by atoms with Crippen LogP contribution in [0.1, 0.15) is 42.4 Å². The van der Waals surface area contributed by atoms with Gasteiger partial charge in [0.2, 0.25) is 0 Å². The summed E-state index contributed by atoms with van der Waals surface area (Å²) in [7, 11) is 1.39. The second kappa shape index (κ2) is 6.60. The van der Waals surface area contributed by atoms with Gasteiger partial charge in [-0.25, -0.2) is 0 Å². The standard InChI is InChI=1S/C14H22N4O3/c1-3-4-10-11(15)12(17-16-10)13(19)18-7-5-9(6-8-18)14(20)21-2/h9H,3-8,15H2,1-2H3,(H,16,17). The highest BCUT2D eigenvalue weighted by Crippen LogP contribution is 2.22. The smallest absolute Gasteiger partial charge is 0.308 e. The molecule has 1 saturated heterocycles. The van der Waals surface area contributed by atoms with E-state index in [4.69, 9.17) is 10.5 Å². The van der Waals surface area contributed by atoms with Crippen LogP contribution in [0.25, 0.3) is 0 Å². The van der Waals surface area contributed by atoms with Gasteiger partial charge in [-0.1, -0.05) is 13.3 Å². The molecule has 0 bridgehead atoms. The molecule has 0 spiro atoms. The Morgan fingerprint density at radius 1 is 1.43 bits per heavy atom. The molecule has 116 valence electrons. The number of nitrogens with zero attached hydrogens (tertiary/aromatic N) is 2. The van der Waals surface area contributed by atoms with E-state index in [1.165, 1.54) is 7.11 Å². The summed E-state index contributed by atoms with van der Waals surface area (Å²) in [6.07, 6.45) is 2.94. The lowest BCUT2D eigenvalue weighted by Gasteiger charge is -2.30. The average Bonchev–Trinajstić information content (AvgIpc) is 2.87. The number of nitrogens with one attached hydrogen (secondary N) is 1. The minimum Gasteiger partial charge on any atom is -0.469 e. The van der Waals surface area contributed by atoms with Gasteiger partial charge in [0.1, 0.15) is 0 Å². The fraction of sp³-hybridized carbons (Fsp3) is 0.643. The van der Waals surface area contributed by atoms with Crippen LogP contribution < -0.4 is 5.73 Å². The largest absolute Gasteiger partial charge is 0.469 e. The molecule has 1 aliphatic rings. The van der Waals surface area contributed by atoms with Crippen molar-refractivity contribution in [3.8, 4) is 0 Å². The summed E-state index contributed by atoms with van der Waals surface area (Å²) in [6, 6.07) is 0. The Bertz CT molecular complexity index is 518. The Labute approximate surface area is 123 Å².